The van der Waals surface area contributed by atoms with Gasteiger partial charge >= 0.3 is 0 Å². The number of likely N-dealkylation sites (N-methyl/N-ethyl adjacent to an activating group) is 1. The summed E-state index contributed by atoms with van der Waals surface area (Å²) < 4.78 is 28.5. The molecule has 0 atom stereocenters. The summed E-state index contributed by atoms with van der Waals surface area (Å²) in [5.41, 5.74) is 2.10. The molecule has 7 nitrogen and oxygen atoms in total. The Kier molecular flexibility index (Phi) is 4.88. The molecule has 8 heteroatoms. The van der Waals surface area contributed by atoms with Crippen LogP contribution in [0.4, 0.5) is 5.69 Å². The highest BCUT2D eigenvalue weighted by Gasteiger charge is 2.17. The molecule has 130 valence electrons. The Bertz CT molecular complexity index is 777. The molecule has 1 aliphatic rings. The molecule has 2 aromatic rings. The Hall–Kier alpha value is -1.90. The van der Waals surface area contributed by atoms with E-state index in [2.05, 4.69) is 38.7 Å². The zero-order chi connectivity index (χ0) is 17.2. The van der Waals surface area contributed by atoms with Gasteiger partial charge in [0.1, 0.15) is 0 Å². The number of rotatable bonds is 5. The van der Waals surface area contributed by atoms with Crippen LogP contribution in [-0.2, 0) is 23.6 Å². The minimum atomic E-state index is -3.57. The minimum absolute atomic E-state index is 0.0408. The molecule has 1 N–H and O–H groups in total. The molecular formula is C16H23N5O2S. The molecule has 1 aliphatic heterocycles. The third-order valence-electron chi connectivity index (χ3n) is 4.23. The van der Waals surface area contributed by atoms with Gasteiger partial charge in [-0.1, -0.05) is 12.1 Å². The maximum absolute atomic E-state index is 12.2. The predicted molar refractivity (Wildman–Crippen MR) is 93.4 cm³/mol. The SMILES string of the molecule is CN1CCN(c2ccc(CNS(=O)(=O)c3cn(C)cn3)cc2)CC1. The molecule has 0 saturated carbocycles. The molecular weight excluding hydrogens is 326 g/mol. The first kappa shape index (κ1) is 16.9. The van der Waals surface area contributed by atoms with Gasteiger partial charge in [-0.2, -0.15) is 0 Å². The number of nitrogens with zero attached hydrogens (tertiary/aromatic N) is 4. The zero-order valence-electron chi connectivity index (χ0n) is 14.0. The molecule has 1 aromatic heterocycles. The lowest BCUT2D eigenvalue weighted by atomic mass is 10.2. The van der Waals surface area contributed by atoms with E-state index in [0.29, 0.717) is 0 Å². The number of nitrogens with one attached hydrogen (secondary N) is 1. The Labute approximate surface area is 143 Å². The van der Waals surface area contributed by atoms with E-state index in [1.165, 1.54) is 18.2 Å². The maximum Gasteiger partial charge on any atom is 0.259 e. The molecule has 0 bridgehead atoms. The molecule has 1 saturated heterocycles. The first-order valence-corrected chi connectivity index (χ1v) is 9.42. The molecule has 24 heavy (non-hydrogen) atoms. The second-order valence-corrected chi connectivity index (χ2v) is 7.87. The minimum Gasteiger partial charge on any atom is -0.369 e. The van der Waals surface area contributed by atoms with Gasteiger partial charge in [0, 0.05) is 51.7 Å². The maximum atomic E-state index is 12.2. The van der Waals surface area contributed by atoms with Crippen LogP contribution in [0.25, 0.3) is 0 Å². The third-order valence-corrected chi connectivity index (χ3v) is 5.51. The summed E-state index contributed by atoms with van der Waals surface area (Å²) in [6.45, 7) is 4.41. The third kappa shape index (κ3) is 3.95. The summed E-state index contributed by atoms with van der Waals surface area (Å²) in [5, 5.41) is 0.0408. The van der Waals surface area contributed by atoms with Crippen molar-refractivity contribution in [2.24, 2.45) is 7.05 Å². The Morgan fingerprint density at radius 3 is 2.33 bits per heavy atom. The van der Waals surface area contributed by atoms with E-state index in [-0.39, 0.29) is 11.6 Å². The van der Waals surface area contributed by atoms with Gasteiger partial charge in [-0.15, -0.1) is 0 Å². The molecule has 1 fully saturated rings. The number of hydrogen-bond donors (Lipinski definition) is 1. The van der Waals surface area contributed by atoms with Crippen molar-refractivity contribution in [3.05, 3.63) is 42.4 Å². The lowest BCUT2D eigenvalue weighted by Crippen LogP contribution is -2.44. The van der Waals surface area contributed by atoms with Crippen molar-refractivity contribution < 1.29 is 8.42 Å². The molecule has 0 radical (unpaired) electrons. The fourth-order valence-corrected chi connectivity index (χ4v) is 3.66. The number of sulfonamides is 1. The molecule has 0 amide bonds. The monoisotopic (exact) mass is 349 g/mol. The highest BCUT2D eigenvalue weighted by Crippen LogP contribution is 2.17. The summed E-state index contributed by atoms with van der Waals surface area (Å²) in [6.07, 6.45) is 2.96. The van der Waals surface area contributed by atoms with E-state index < -0.39 is 10.0 Å². The predicted octanol–water partition coefficient (Wildman–Crippen LogP) is 0.650. The van der Waals surface area contributed by atoms with Gasteiger partial charge in [0.05, 0.1) is 6.33 Å². The summed E-state index contributed by atoms with van der Waals surface area (Å²) in [5.74, 6) is 0. The number of imidazole rings is 1. The van der Waals surface area contributed by atoms with Crippen LogP contribution in [0.15, 0.2) is 41.8 Å². The van der Waals surface area contributed by atoms with Crippen LogP contribution < -0.4 is 9.62 Å². The topological polar surface area (TPSA) is 70.5 Å². The van der Waals surface area contributed by atoms with Crippen LogP contribution in [0, 0.1) is 0 Å². The average Bonchev–Trinajstić information content (AvgIpc) is 3.02. The number of hydrogen-bond acceptors (Lipinski definition) is 5. The van der Waals surface area contributed by atoms with E-state index >= 15 is 0 Å². The molecule has 3 rings (SSSR count). The number of benzene rings is 1. The van der Waals surface area contributed by atoms with Crippen LogP contribution in [0.3, 0.4) is 0 Å². The Morgan fingerprint density at radius 1 is 1.08 bits per heavy atom. The zero-order valence-corrected chi connectivity index (χ0v) is 14.8. The standard InChI is InChI=1S/C16H23N5O2S/c1-19-7-9-21(10-8-19)15-5-3-14(4-6-15)11-18-24(22,23)16-12-20(2)13-17-16/h3-6,12-13,18H,7-11H2,1-2H3. The highest BCUT2D eigenvalue weighted by atomic mass is 32.2. The largest absolute Gasteiger partial charge is 0.369 e. The van der Waals surface area contributed by atoms with Crippen LogP contribution in [0.5, 0.6) is 0 Å². The van der Waals surface area contributed by atoms with Gasteiger partial charge in [0.15, 0.2) is 5.03 Å². The van der Waals surface area contributed by atoms with Crippen molar-refractivity contribution in [2.75, 3.05) is 38.1 Å². The fourth-order valence-electron chi connectivity index (χ4n) is 2.67. The lowest BCUT2D eigenvalue weighted by molar-refractivity contribution is 0.313. The number of piperazine rings is 1. The van der Waals surface area contributed by atoms with Crippen LogP contribution in [0.1, 0.15) is 5.56 Å². The van der Waals surface area contributed by atoms with Gasteiger partial charge in [0.25, 0.3) is 10.0 Å². The van der Waals surface area contributed by atoms with Gasteiger partial charge < -0.3 is 14.4 Å². The highest BCUT2D eigenvalue weighted by molar-refractivity contribution is 7.89. The fraction of sp³-hybridized carbons (Fsp3) is 0.438. The molecule has 0 spiro atoms. The summed E-state index contributed by atoms with van der Waals surface area (Å²) in [6, 6.07) is 8.04. The van der Waals surface area contributed by atoms with Gasteiger partial charge in [-0.05, 0) is 24.7 Å². The van der Waals surface area contributed by atoms with Crippen LogP contribution in [-0.4, -0.2) is 56.1 Å². The molecule has 0 unspecified atom stereocenters. The second-order valence-electron chi connectivity index (χ2n) is 6.16. The number of aromatic nitrogens is 2. The lowest BCUT2D eigenvalue weighted by Gasteiger charge is -2.34. The van der Waals surface area contributed by atoms with Gasteiger partial charge in [-0.3, -0.25) is 0 Å². The van der Waals surface area contributed by atoms with Crippen LogP contribution >= 0.6 is 0 Å². The quantitative estimate of drug-likeness (QED) is 0.858. The number of aryl methyl sites for hydroxylation is 1. The smallest absolute Gasteiger partial charge is 0.259 e. The van der Waals surface area contributed by atoms with Crippen molar-refractivity contribution >= 4 is 15.7 Å². The van der Waals surface area contributed by atoms with Crippen LogP contribution in [0.2, 0.25) is 0 Å². The van der Waals surface area contributed by atoms with E-state index in [4.69, 9.17) is 0 Å². The summed E-state index contributed by atoms with van der Waals surface area (Å²) in [4.78, 5) is 8.55. The first-order chi connectivity index (χ1) is 11.4. The van der Waals surface area contributed by atoms with Crippen molar-refractivity contribution in [3.8, 4) is 0 Å². The molecule has 2 heterocycles. The van der Waals surface area contributed by atoms with E-state index in [1.807, 2.05) is 12.1 Å². The molecule has 1 aromatic carbocycles. The van der Waals surface area contributed by atoms with E-state index in [1.54, 1.807) is 11.6 Å². The van der Waals surface area contributed by atoms with Crippen molar-refractivity contribution in [1.29, 1.82) is 0 Å². The van der Waals surface area contributed by atoms with Gasteiger partial charge in [-0.25, -0.2) is 18.1 Å². The normalized spacial score (nSPS) is 16.5. The van der Waals surface area contributed by atoms with E-state index in [9.17, 15) is 8.42 Å². The summed E-state index contributed by atoms with van der Waals surface area (Å²) >= 11 is 0. The van der Waals surface area contributed by atoms with Crippen molar-refractivity contribution in [1.82, 2.24) is 19.2 Å². The van der Waals surface area contributed by atoms with Crippen molar-refractivity contribution in [2.45, 2.75) is 11.6 Å². The Morgan fingerprint density at radius 2 is 1.75 bits per heavy atom. The Balaban J connectivity index is 1.60. The van der Waals surface area contributed by atoms with E-state index in [0.717, 1.165) is 31.7 Å². The molecule has 0 aliphatic carbocycles. The average molecular weight is 349 g/mol. The first-order valence-electron chi connectivity index (χ1n) is 7.94. The summed E-state index contributed by atoms with van der Waals surface area (Å²) in [7, 11) is 0.300. The van der Waals surface area contributed by atoms with Gasteiger partial charge in [0.2, 0.25) is 0 Å². The number of anilines is 1. The second kappa shape index (κ2) is 6.92. The van der Waals surface area contributed by atoms with Crippen molar-refractivity contribution in [3.63, 3.8) is 0 Å².